The number of sulfonamides is 1. The molecule has 0 spiro atoms. The van der Waals surface area contributed by atoms with Crippen molar-refractivity contribution in [3.8, 4) is 5.88 Å². The molecule has 0 unspecified atom stereocenters. The van der Waals surface area contributed by atoms with E-state index >= 15 is 0 Å². The Morgan fingerprint density at radius 1 is 1.16 bits per heavy atom. The van der Waals surface area contributed by atoms with Crippen molar-refractivity contribution in [1.29, 1.82) is 0 Å². The van der Waals surface area contributed by atoms with E-state index in [1.165, 1.54) is 29.7 Å². The molecule has 2 aliphatic rings. The third kappa shape index (κ3) is 3.69. The summed E-state index contributed by atoms with van der Waals surface area (Å²) in [4.78, 5) is 10.8. The molecule has 1 saturated carbocycles. The number of benzene rings is 1. The molecule has 0 N–H and O–H groups in total. The van der Waals surface area contributed by atoms with Crippen molar-refractivity contribution in [3.63, 3.8) is 0 Å². The molecule has 1 aliphatic heterocycles. The molecule has 1 aromatic heterocycles. The molecule has 0 radical (unpaired) electrons. The van der Waals surface area contributed by atoms with E-state index in [1.54, 1.807) is 0 Å². The van der Waals surface area contributed by atoms with Gasteiger partial charge in [0, 0.05) is 31.9 Å². The van der Waals surface area contributed by atoms with Gasteiger partial charge in [-0.05, 0) is 37.0 Å². The van der Waals surface area contributed by atoms with Crippen molar-refractivity contribution >= 4 is 26.6 Å². The quantitative estimate of drug-likeness (QED) is 0.802. The Morgan fingerprint density at radius 3 is 2.60 bits per heavy atom. The van der Waals surface area contributed by atoms with Crippen molar-refractivity contribution in [2.75, 3.05) is 43.9 Å². The first-order valence-corrected chi connectivity index (χ1v) is 10.4. The molecule has 1 aliphatic carbocycles. The molecule has 25 heavy (non-hydrogen) atoms. The van der Waals surface area contributed by atoms with Crippen molar-refractivity contribution in [3.05, 3.63) is 24.5 Å². The van der Waals surface area contributed by atoms with Crippen LogP contribution in [0.2, 0.25) is 0 Å². The van der Waals surface area contributed by atoms with Gasteiger partial charge in [-0.3, -0.25) is 0 Å². The largest absolute Gasteiger partial charge is 0.477 e. The maximum Gasteiger partial charge on any atom is 0.224 e. The molecule has 1 aromatic carbocycles. The minimum Gasteiger partial charge on any atom is -0.477 e. The summed E-state index contributed by atoms with van der Waals surface area (Å²) in [7, 11) is -3.12. The topological polar surface area (TPSA) is 75.6 Å². The highest BCUT2D eigenvalue weighted by atomic mass is 32.2. The van der Waals surface area contributed by atoms with Gasteiger partial charge in [-0.25, -0.2) is 18.4 Å². The Morgan fingerprint density at radius 2 is 1.92 bits per heavy atom. The van der Waals surface area contributed by atoms with E-state index in [0.717, 1.165) is 16.6 Å². The third-order valence-corrected chi connectivity index (χ3v) is 6.11. The van der Waals surface area contributed by atoms with Crippen molar-refractivity contribution in [2.45, 2.75) is 12.8 Å². The summed E-state index contributed by atoms with van der Waals surface area (Å²) in [6.07, 6.45) is 5.27. The smallest absolute Gasteiger partial charge is 0.224 e. The summed E-state index contributed by atoms with van der Waals surface area (Å²) < 4.78 is 30.7. The fraction of sp³-hybridized carbons (Fsp3) is 0.529. The van der Waals surface area contributed by atoms with Crippen LogP contribution in [-0.4, -0.2) is 61.7 Å². The number of fused-ring (bicyclic) bond motifs is 1. The van der Waals surface area contributed by atoms with E-state index in [2.05, 4.69) is 14.9 Å². The zero-order valence-corrected chi connectivity index (χ0v) is 15.1. The maximum atomic E-state index is 11.7. The van der Waals surface area contributed by atoms with Gasteiger partial charge in [0.25, 0.3) is 0 Å². The predicted molar refractivity (Wildman–Crippen MR) is 96.4 cm³/mol. The minimum atomic E-state index is -3.12. The molecule has 134 valence electrons. The first kappa shape index (κ1) is 16.5. The summed E-state index contributed by atoms with van der Waals surface area (Å²) in [5.74, 6) is 1.30. The molecule has 7 nitrogen and oxygen atoms in total. The molecule has 8 heteroatoms. The van der Waals surface area contributed by atoms with Gasteiger partial charge >= 0.3 is 0 Å². The number of ether oxygens (including phenoxy) is 1. The lowest BCUT2D eigenvalue weighted by Gasteiger charge is -2.34. The monoisotopic (exact) mass is 362 g/mol. The summed E-state index contributed by atoms with van der Waals surface area (Å²) in [5, 5.41) is 0.909. The van der Waals surface area contributed by atoms with E-state index < -0.39 is 10.0 Å². The third-order valence-electron chi connectivity index (χ3n) is 4.81. The van der Waals surface area contributed by atoms with Crippen LogP contribution >= 0.6 is 0 Å². The fourth-order valence-electron chi connectivity index (χ4n) is 3.09. The molecule has 2 aromatic rings. The van der Waals surface area contributed by atoms with Crippen LogP contribution < -0.4 is 9.64 Å². The lowest BCUT2D eigenvalue weighted by molar-refractivity contribution is 0.292. The number of piperazine rings is 1. The van der Waals surface area contributed by atoms with Crippen LogP contribution in [-0.2, 0) is 10.0 Å². The molecule has 2 heterocycles. The number of rotatable bonds is 5. The first-order valence-electron chi connectivity index (χ1n) is 8.58. The van der Waals surface area contributed by atoms with E-state index in [4.69, 9.17) is 4.74 Å². The van der Waals surface area contributed by atoms with E-state index in [-0.39, 0.29) is 0 Å². The van der Waals surface area contributed by atoms with Crippen LogP contribution in [0.4, 0.5) is 5.69 Å². The second-order valence-corrected chi connectivity index (χ2v) is 8.77. The fourth-order valence-corrected chi connectivity index (χ4v) is 3.92. The average molecular weight is 362 g/mol. The second kappa shape index (κ2) is 6.42. The van der Waals surface area contributed by atoms with Crippen LogP contribution in [0.25, 0.3) is 10.9 Å². The van der Waals surface area contributed by atoms with Crippen LogP contribution in [0.15, 0.2) is 24.5 Å². The van der Waals surface area contributed by atoms with Crippen molar-refractivity contribution in [1.82, 2.24) is 14.3 Å². The molecule has 0 amide bonds. The van der Waals surface area contributed by atoms with Crippen LogP contribution in [0, 0.1) is 5.92 Å². The van der Waals surface area contributed by atoms with E-state index in [0.29, 0.717) is 44.6 Å². The Kier molecular flexibility index (Phi) is 4.24. The van der Waals surface area contributed by atoms with Crippen LogP contribution in [0.5, 0.6) is 5.88 Å². The summed E-state index contributed by atoms with van der Waals surface area (Å²) >= 11 is 0. The highest BCUT2D eigenvalue weighted by molar-refractivity contribution is 7.88. The second-order valence-electron chi connectivity index (χ2n) is 6.78. The average Bonchev–Trinajstić information content (AvgIpc) is 3.43. The van der Waals surface area contributed by atoms with Gasteiger partial charge in [0.2, 0.25) is 15.9 Å². The van der Waals surface area contributed by atoms with Gasteiger partial charge in [-0.15, -0.1) is 0 Å². The number of hydrogen-bond acceptors (Lipinski definition) is 6. The van der Waals surface area contributed by atoms with Gasteiger partial charge in [0.05, 0.1) is 23.8 Å². The molecule has 4 rings (SSSR count). The lowest BCUT2D eigenvalue weighted by Crippen LogP contribution is -2.48. The van der Waals surface area contributed by atoms with Crippen molar-refractivity contribution < 1.29 is 13.2 Å². The minimum absolute atomic E-state index is 0.507. The molecular weight excluding hydrogens is 340 g/mol. The summed E-state index contributed by atoms with van der Waals surface area (Å²) in [6, 6.07) is 6.04. The number of hydrogen-bond donors (Lipinski definition) is 0. The van der Waals surface area contributed by atoms with Crippen LogP contribution in [0.3, 0.4) is 0 Å². The highest BCUT2D eigenvalue weighted by Crippen LogP contribution is 2.32. The normalized spacial score (nSPS) is 19.3. The molecule has 2 fully saturated rings. The molecule has 0 bridgehead atoms. The summed E-state index contributed by atoms with van der Waals surface area (Å²) in [5.41, 5.74) is 1.91. The standard InChI is InChI=1S/C17H22N4O3S/c1-25(22,23)21-8-6-20(7-9-21)14-4-5-16-15(10-14)17(19-12-18-16)24-11-13-2-3-13/h4-5,10,12-13H,2-3,6-9,11H2,1H3. The lowest BCUT2D eigenvalue weighted by atomic mass is 10.2. The van der Waals surface area contributed by atoms with Gasteiger partial charge in [-0.2, -0.15) is 4.31 Å². The van der Waals surface area contributed by atoms with Gasteiger partial charge in [0.15, 0.2) is 0 Å². The Balaban J connectivity index is 1.55. The zero-order valence-electron chi connectivity index (χ0n) is 14.3. The van der Waals surface area contributed by atoms with E-state index in [1.807, 2.05) is 18.2 Å². The SMILES string of the molecule is CS(=O)(=O)N1CCN(c2ccc3ncnc(OCC4CC4)c3c2)CC1. The highest BCUT2D eigenvalue weighted by Gasteiger charge is 2.24. The van der Waals surface area contributed by atoms with Gasteiger partial charge < -0.3 is 9.64 Å². The van der Waals surface area contributed by atoms with E-state index in [9.17, 15) is 8.42 Å². The number of nitrogens with zero attached hydrogens (tertiary/aromatic N) is 4. The maximum absolute atomic E-state index is 11.7. The Labute approximate surface area is 147 Å². The number of anilines is 1. The molecule has 1 saturated heterocycles. The van der Waals surface area contributed by atoms with Gasteiger partial charge in [-0.1, -0.05) is 0 Å². The molecular formula is C17H22N4O3S. The zero-order chi connectivity index (χ0) is 17.4. The first-order chi connectivity index (χ1) is 12.0. The Bertz CT molecular complexity index is 875. The van der Waals surface area contributed by atoms with Gasteiger partial charge in [0.1, 0.15) is 6.33 Å². The summed E-state index contributed by atoms with van der Waals surface area (Å²) in [6.45, 7) is 3.07. The predicted octanol–water partition coefficient (Wildman–Crippen LogP) is 1.50. The molecule has 0 atom stereocenters. The van der Waals surface area contributed by atoms with Crippen LogP contribution in [0.1, 0.15) is 12.8 Å². The Hall–Kier alpha value is -1.93. The van der Waals surface area contributed by atoms with Crippen molar-refractivity contribution in [2.24, 2.45) is 5.92 Å². The number of aromatic nitrogens is 2.